The van der Waals surface area contributed by atoms with E-state index in [4.69, 9.17) is 0 Å². The second-order valence-electron chi connectivity index (χ2n) is 6.86. The molecule has 6 heteroatoms. The molecule has 0 radical (unpaired) electrons. The van der Waals surface area contributed by atoms with Crippen molar-refractivity contribution >= 4 is 29.9 Å². The molecule has 1 saturated heterocycles. The Morgan fingerprint density at radius 1 is 1.28 bits per heavy atom. The van der Waals surface area contributed by atoms with Crippen LogP contribution in [-0.2, 0) is 6.42 Å². The van der Waals surface area contributed by atoms with Crippen LogP contribution in [0.4, 0.5) is 0 Å². The van der Waals surface area contributed by atoms with Crippen molar-refractivity contribution in [2.75, 3.05) is 39.8 Å². The number of hydrogen-bond donors (Lipinski definition) is 2. The number of pyridine rings is 1. The van der Waals surface area contributed by atoms with Crippen molar-refractivity contribution < 1.29 is 0 Å². The summed E-state index contributed by atoms with van der Waals surface area (Å²) in [5.41, 5.74) is 2.59. The Morgan fingerprint density at radius 3 is 2.68 bits per heavy atom. The summed E-state index contributed by atoms with van der Waals surface area (Å²) in [4.78, 5) is 11.0. The van der Waals surface area contributed by atoms with Crippen molar-refractivity contribution in [1.82, 2.24) is 20.5 Å². The van der Waals surface area contributed by atoms with Gasteiger partial charge < -0.3 is 15.5 Å². The van der Waals surface area contributed by atoms with Gasteiger partial charge in [-0.1, -0.05) is 6.92 Å². The van der Waals surface area contributed by atoms with E-state index in [9.17, 15) is 0 Å². The summed E-state index contributed by atoms with van der Waals surface area (Å²) in [5.74, 6) is 1.81. The number of hydrogen-bond acceptors (Lipinski definition) is 3. The van der Waals surface area contributed by atoms with Gasteiger partial charge in [0, 0.05) is 32.5 Å². The summed E-state index contributed by atoms with van der Waals surface area (Å²) in [6.45, 7) is 10.0. The fourth-order valence-electron chi connectivity index (χ4n) is 3.11. The van der Waals surface area contributed by atoms with Gasteiger partial charge in [-0.15, -0.1) is 24.0 Å². The van der Waals surface area contributed by atoms with Crippen LogP contribution in [0.5, 0.6) is 0 Å². The number of piperidine rings is 1. The molecular weight excluding hydrogens is 425 g/mol. The molecule has 0 spiro atoms. The van der Waals surface area contributed by atoms with Gasteiger partial charge >= 0.3 is 0 Å². The van der Waals surface area contributed by atoms with Gasteiger partial charge in [0.05, 0.1) is 0 Å². The third-order valence-electron chi connectivity index (χ3n) is 4.87. The smallest absolute Gasteiger partial charge is 0.190 e. The molecule has 0 aliphatic carbocycles. The molecule has 1 aromatic heterocycles. The summed E-state index contributed by atoms with van der Waals surface area (Å²) < 4.78 is 0. The van der Waals surface area contributed by atoms with Crippen molar-refractivity contribution in [3.05, 3.63) is 29.6 Å². The number of rotatable bonds is 7. The lowest BCUT2D eigenvalue weighted by Gasteiger charge is -2.30. The average molecular weight is 459 g/mol. The topological polar surface area (TPSA) is 52.6 Å². The average Bonchev–Trinajstić information content (AvgIpc) is 2.60. The van der Waals surface area contributed by atoms with Crippen LogP contribution in [0, 0.1) is 12.8 Å². The molecular formula is C19H34IN5. The van der Waals surface area contributed by atoms with Gasteiger partial charge in [-0.05, 0) is 75.4 Å². The highest BCUT2D eigenvalue weighted by Gasteiger charge is 2.14. The number of halogens is 1. The number of nitrogens with one attached hydrogen (secondary N) is 2. The second-order valence-corrected chi connectivity index (χ2v) is 6.86. The van der Waals surface area contributed by atoms with Crippen LogP contribution < -0.4 is 10.6 Å². The molecule has 5 nitrogen and oxygen atoms in total. The number of guanidine groups is 1. The Bertz CT molecular complexity index is 512. The maximum atomic E-state index is 4.30. The molecule has 2 N–H and O–H groups in total. The van der Waals surface area contributed by atoms with Crippen LogP contribution in [0.25, 0.3) is 0 Å². The minimum Gasteiger partial charge on any atom is -0.356 e. The molecule has 2 rings (SSSR count). The molecule has 1 aliphatic heterocycles. The number of aryl methyl sites for hydroxylation is 1. The molecule has 0 aromatic carbocycles. The molecule has 25 heavy (non-hydrogen) atoms. The largest absolute Gasteiger partial charge is 0.356 e. The summed E-state index contributed by atoms with van der Waals surface area (Å²) >= 11 is 0. The molecule has 142 valence electrons. The fraction of sp³-hybridized carbons (Fsp3) is 0.684. The van der Waals surface area contributed by atoms with Crippen molar-refractivity contribution in [3.63, 3.8) is 0 Å². The van der Waals surface area contributed by atoms with Crippen molar-refractivity contribution in [2.24, 2.45) is 10.9 Å². The van der Waals surface area contributed by atoms with E-state index in [0.29, 0.717) is 0 Å². The molecule has 2 heterocycles. The lowest BCUT2D eigenvalue weighted by Crippen LogP contribution is -2.40. The van der Waals surface area contributed by atoms with Gasteiger partial charge in [0.25, 0.3) is 0 Å². The molecule has 0 amide bonds. The maximum absolute atomic E-state index is 4.30. The first-order valence-corrected chi connectivity index (χ1v) is 9.25. The van der Waals surface area contributed by atoms with E-state index in [-0.39, 0.29) is 24.0 Å². The van der Waals surface area contributed by atoms with Crippen LogP contribution >= 0.6 is 24.0 Å². The van der Waals surface area contributed by atoms with Gasteiger partial charge in [-0.2, -0.15) is 0 Å². The lowest BCUT2D eigenvalue weighted by molar-refractivity contribution is 0.191. The zero-order chi connectivity index (χ0) is 17.2. The highest BCUT2D eigenvalue weighted by Crippen LogP contribution is 2.15. The lowest BCUT2D eigenvalue weighted by atomic mass is 9.99. The highest BCUT2D eigenvalue weighted by molar-refractivity contribution is 14.0. The molecule has 1 fully saturated rings. The SMILES string of the molecule is CN=C(NCCCN1CCC(C)CC1)NCCc1ccncc1C.I. The minimum atomic E-state index is 0. The van der Waals surface area contributed by atoms with Crippen molar-refractivity contribution in [3.8, 4) is 0 Å². The first kappa shape index (κ1) is 22.2. The van der Waals surface area contributed by atoms with Crippen LogP contribution in [0.15, 0.2) is 23.5 Å². The Balaban J connectivity index is 0.00000312. The monoisotopic (exact) mass is 459 g/mol. The Kier molecular flexibility index (Phi) is 11.0. The summed E-state index contributed by atoms with van der Waals surface area (Å²) in [7, 11) is 1.83. The van der Waals surface area contributed by atoms with Crippen LogP contribution in [-0.4, -0.2) is 55.6 Å². The molecule has 0 saturated carbocycles. The Labute approximate surface area is 170 Å². The predicted octanol–water partition coefficient (Wildman–Crippen LogP) is 2.84. The number of likely N-dealkylation sites (tertiary alicyclic amines) is 1. The van der Waals surface area contributed by atoms with E-state index in [2.05, 4.69) is 45.4 Å². The molecule has 1 aromatic rings. The van der Waals surface area contributed by atoms with E-state index in [1.807, 2.05) is 19.4 Å². The van der Waals surface area contributed by atoms with E-state index >= 15 is 0 Å². The van der Waals surface area contributed by atoms with E-state index in [1.54, 1.807) is 0 Å². The molecule has 0 bridgehead atoms. The maximum Gasteiger partial charge on any atom is 0.190 e. The second kappa shape index (κ2) is 12.5. The first-order valence-electron chi connectivity index (χ1n) is 9.25. The third kappa shape index (κ3) is 8.35. The standard InChI is InChI=1S/C19H33N5.HI/c1-16-7-13-24(14-8-16)12-4-9-22-19(20-3)23-11-6-18-5-10-21-15-17(18)2;/h5,10,15-16H,4,6-9,11-14H2,1-3H3,(H2,20,22,23);1H. The van der Waals surface area contributed by atoms with E-state index in [1.165, 1.54) is 50.0 Å². The first-order chi connectivity index (χ1) is 11.7. The van der Waals surface area contributed by atoms with Gasteiger partial charge in [-0.25, -0.2) is 0 Å². The zero-order valence-electron chi connectivity index (χ0n) is 15.9. The van der Waals surface area contributed by atoms with Gasteiger partial charge in [0.2, 0.25) is 0 Å². The number of aromatic nitrogens is 1. The predicted molar refractivity (Wildman–Crippen MR) is 117 cm³/mol. The summed E-state index contributed by atoms with van der Waals surface area (Å²) in [6, 6.07) is 2.09. The van der Waals surface area contributed by atoms with Gasteiger partial charge in [0.1, 0.15) is 0 Å². The molecule has 1 aliphatic rings. The van der Waals surface area contributed by atoms with Crippen LogP contribution in [0.3, 0.4) is 0 Å². The van der Waals surface area contributed by atoms with Gasteiger partial charge in [-0.3, -0.25) is 9.98 Å². The third-order valence-corrected chi connectivity index (χ3v) is 4.87. The minimum absolute atomic E-state index is 0. The zero-order valence-corrected chi connectivity index (χ0v) is 18.3. The highest BCUT2D eigenvalue weighted by atomic mass is 127. The Morgan fingerprint density at radius 2 is 2.00 bits per heavy atom. The van der Waals surface area contributed by atoms with Gasteiger partial charge in [0.15, 0.2) is 5.96 Å². The van der Waals surface area contributed by atoms with E-state index in [0.717, 1.165) is 31.4 Å². The Hall–Kier alpha value is -0.890. The summed E-state index contributed by atoms with van der Waals surface area (Å²) in [6.07, 6.45) is 8.64. The fourth-order valence-corrected chi connectivity index (χ4v) is 3.11. The normalized spacial score (nSPS) is 16.4. The molecule has 0 atom stereocenters. The number of nitrogens with zero attached hydrogens (tertiary/aromatic N) is 3. The summed E-state index contributed by atoms with van der Waals surface area (Å²) in [5, 5.41) is 6.81. The van der Waals surface area contributed by atoms with Crippen molar-refractivity contribution in [2.45, 2.75) is 39.5 Å². The van der Waals surface area contributed by atoms with Crippen LogP contribution in [0.2, 0.25) is 0 Å². The van der Waals surface area contributed by atoms with E-state index < -0.39 is 0 Å². The quantitative estimate of drug-likeness (QED) is 0.285. The molecule has 0 unspecified atom stereocenters. The number of aliphatic imine (C=N–C) groups is 1. The van der Waals surface area contributed by atoms with Crippen LogP contribution in [0.1, 0.15) is 37.3 Å². The van der Waals surface area contributed by atoms with Crippen molar-refractivity contribution in [1.29, 1.82) is 0 Å².